The Bertz CT molecular complexity index is 967. The molecule has 8 heteroatoms. The summed E-state index contributed by atoms with van der Waals surface area (Å²) in [6, 6.07) is 14.2. The van der Waals surface area contributed by atoms with Gasteiger partial charge in [-0.2, -0.15) is 5.26 Å². The van der Waals surface area contributed by atoms with Crippen LogP contribution in [0.2, 0.25) is 0 Å². The number of carboxylic acids is 1. The van der Waals surface area contributed by atoms with Crippen LogP contribution in [-0.2, 0) is 9.59 Å². The number of nitriles is 1. The van der Waals surface area contributed by atoms with Crippen molar-refractivity contribution in [2.45, 2.75) is 13.0 Å². The minimum atomic E-state index is -1.13. The molecular weight excluding hydrogens is 440 g/mol. The van der Waals surface area contributed by atoms with Gasteiger partial charge in [-0.25, -0.2) is 4.79 Å². The molecule has 0 fully saturated rings. The Morgan fingerprint density at radius 3 is 2.59 bits per heavy atom. The molecular formula is C21H19BrN2O5. The number of nitrogens with one attached hydrogen (secondary N) is 1. The summed E-state index contributed by atoms with van der Waals surface area (Å²) in [6.45, 7) is 1.30. The number of hydrogen-bond donors (Lipinski definition) is 2. The zero-order valence-electron chi connectivity index (χ0n) is 15.8. The fourth-order valence-electron chi connectivity index (χ4n) is 2.51. The molecule has 29 heavy (non-hydrogen) atoms. The van der Waals surface area contributed by atoms with E-state index in [0.717, 1.165) is 5.56 Å². The third-order valence-electron chi connectivity index (χ3n) is 3.92. The summed E-state index contributed by atoms with van der Waals surface area (Å²) in [5.41, 5.74) is 1.35. The molecule has 150 valence electrons. The van der Waals surface area contributed by atoms with E-state index in [0.29, 0.717) is 10.0 Å². The normalized spacial score (nSPS) is 11.9. The van der Waals surface area contributed by atoms with Crippen molar-refractivity contribution in [1.82, 2.24) is 5.32 Å². The average Bonchev–Trinajstić information content (AvgIpc) is 2.71. The molecule has 0 spiro atoms. The molecule has 0 heterocycles. The quantitative estimate of drug-likeness (QED) is 0.460. The van der Waals surface area contributed by atoms with Crippen LogP contribution in [0.1, 0.15) is 24.1 Å². The summed E-state index contributed by atoms with van der Waals surface area (Å²) in [5.74, 6) is -1.15. The molecule has 2 rings (SSSR count). The van der Waals surface area contributed by atoms with Gasteiger partial charge >= 0.3 is 5.97 Å². The smallest absolute Gasteiger partial charge is 0.341 e. The summed E-state index contributed by atoms with van der Waals surface area (Å²) >= 11 is 3.30. The first kappa shape index (κ1) is 22.0. The third-order valence-corrected chi connectivity index (χ3v) is 4.50. The average molecular weight is 459 g/mol. The number of rotatable bonds is 8. The maximum absolute atomic E-state index is 12.5. The Balaban J connectivity index is 2.25. The molecule has 2 aromatic rings. The van der Waals surface area contributed by atoms with Crippen LogP contribution < -0.4 is 14.8 Å². The van der Waals surface area contributed by atoms with Gasteiger partial charge in [0, 0.05) is 0 Å². The number of hydrogen-bond acceptors (Lipinski definition) is 5. The number of methoxy groups -OCH3 is 1. The van der Waals surface area contributed by atoms with Gasteiger partial charge in [-0.15, -0.1) is 0 Å². The van der Waals surface area contributed by atoms with E-state index >= 15 is 0 Å². The highest BCUT2D eigenvalue weighted by molar-refractivity contribution is 9.10. The highest BCUT2D eigenvalue weighted by atomic mass is 79.9. The predicted molar refractivity (Wildman–Crippen MR) is 110 cm³/mol. The van der Waals surface area contributed by atoms with Gasteiger partial charge in [-0.3, -0.25) is 4.79 Å². The molecule has 0 bridgehead atoms. The van der Waals surface area contributed by atoms with Gasteiger partial charge in [0.2, 0.25) is 0 Å². The largest absolute Gasteiger partial charge is 0.493 e. The topological polar surface area (TPSA) is 109 Å². The first-order valence-corrected chi connectivity index (χ1v) is 9.34. The second kappa shape index (κ2) is 10.3. The number of aliphatic carboxylic acids is 1. The van der Waals surface area contributed by atoms with Crippen molar-refractivity contribution in [3.05, 3.63) is 63.6 Å². The van der Waals surface area contributed by atoms with E-state index in [4.69, 9.17) is 14.6 Å². The highest BCUT2D eigenvalue weighted by Gasteiger charge is 2.16. The van der Waals surface area contributed by atoms with E-state index in [1.165, 1.54) is 13.2 Å². The van der Waals surface area contributed by atoms with E-state index in [-0.39, 0.29) is 23.1 Å². The molecule has 0 saturated carbocycles. The second-order valence-corrected chi connectivity index (χ2v) is 6.85. The number of carboxylic acid groups (broad SMARTS) is 1. The highest BCUT2D eigenvalue weighted by Crippen LogP contribution is 2.37. The molecule has 0 radical (unpaired) electrons. The SMILES string of the molecule is COc1cc(/C=C(\C#N)C(=O)N[C@H](C)c2ccccc2)cc(Br)c1OCC(=O)O. The summed E-state index contributed by atoms with van der Waals surface area (Å²) < 4.78 is 10.9. The lowest BCUT2D eigenvalue weighted by Gasteiger charge is -2.14. The molecule has 2 aromatic carbocycles. The number of ether oxygens (including phenoxy) is 2. The summed E-state index contributed by atoms with van der Waals surface area (Å²) in [7, 11) is 1.41. The van der Waals surface area contributed by atoms with E-state index in [2.05, 4.69) is 21.2 Å². The Labute approximate surface area is 176 Å². The molecule has 1 atom stereocenters. The van der Waals surface area contributed by atoms with E-state index in [1.54, 1.807) is 12.1 Å². The molecule has 0 aliphatic rings. The second-order valence-electron chi connectivity index (χ2n) is 5.99. The fourth-order valence-corrected chi connectivity index (χ4v) is 3.09. The zero-order chi connectivity index (χ0) is 21.4. The minimum absolute atomic E-state index is 0.0825. The molecule has 0 aromatic heterocycles. The van der Waals surface area contributed by atoms with Crippen LogP contribution in [0.15, 0.2) is 52.5 Å². The molecule has 7 nitrogen and oxygen atoms in total. The lowest BCUT2D eigenvalue weighted by Crippen LogP contribution is -2.27. The Morgan fingerprint density at radius 1 is 1.31 bits per heavy atom. The first-order valence-electron chi connectivity index (χ1n) is 8.55. The van der Waals surface area contributed by atoms with E-state index in [1.807, 2.05) is 43.3 Å². The molecule has 0 aliphatic carbocycles. The molecule has 0 saturated heterocycles. The van der Waals surface area contributed by atoms with Gasteiger partial charge in [-0.1, -0.05) is 30.3 Å². The van der Waals surface area contributed by atoms with Crippen LogP contribution in [0.5, 0.6) is 11.5 Å². The van der Waals surface area contributed by atoms with Crippen molar-refractivity contribution in [2.75, 3.05) is 13.7 Å². The maximum atomic E-state index is 12.5. The molecule has 1 amide bonds. The first-order chi connectivity index (χ1) is 13.8. The lowest BCUT2D eigenvalue weighted by atomic mass is 10.1. The van der Waals surface area contributed by atoms with Gasteiger partial charge in [0.25, 0.3) is 5.91 Å². The lowest BCUT2D eigenvalue weighted by molar-refractivity contribution is -0.139. The minimum Gasteiger partial charge on any atom is -0.493 e. The van der Waals surface area contributed by atoms with E-state index in [9.17, 15) is 14.9 Å². The molecule has 0 unspecified atom stereocenters. The van der Waals surface area contributed by atoms with Crippen molar-refractivity contribution in [1.29, 1.82) is 5.26 Å². The molecule has 2 N–H and O–H groups in total. The van der Waals surface area contributed by atoms with Crippen LogP contribution in [0.25, 0.3) is 6.08 Å². The number of carbonyl (C=O) groups excluding carboxylic acids is 1. The van der Waals surface area contributed by atoms with Gasteiger partial charge < -0.3 is 19.9 Å². The van der Waals surface area contributed by atoms with E-state index < -0.39 is 18.5 Å². The zero-order valence-corrected chi connectivity index (χ0v) is 17.4. The van der Waals surface area contributed by atoms with Gasteiger partial charge in [-0.05, 0) is 52.2 Å². The van der Waals surface area contributed by atoms with Gasteiger partial charge in [0.05, 0.1) is 17.6 Å². The summed E-state index contributed by atoms with van der Waals surface area (Å²) in [5, 5.41) is 21.0. The number of halogens is 1. The maximum Gasteiger partial charge on any atom is 0.341 e. The molecule has 0 aliphatic heterocycles. The van der Waals surface area contributed by atoms with Crippen LogP contribution in [0, 0.1) is 11.3 Å². The Morgan fingerprint density at radius 2 is 2.00 bits per heavy atom. The van der Waals surface area contributed by atoms with Crippen LogP contribution >= 0.6 is 15.9 Å². The third kappa shape index (κ3) is 6.09. The number of benzene rings is 2. The van der Waals surface area contributed by atoms with Crippen molar-refractivity contribution < 1.29 is 24.2 Å². The van der Waals surface area contributed by atoms with Crippen molar-refractivity contribution in [3.63, 3.8) is 0 Å². The predicted octanol–water partition coefficient (Wildman–Crippen LogP) is 3.71. The van der Waals surface area contributed by atoms with Crippen molar-refractivity contribution in [3.8, 4) is 17.6 Å². The Hall–Kier alpha value is -3.31. The van der Waals surface area contributed by atoms with Crippen molar-refractivity contribution in [2.24, 2.45) is 0 Å². The summed E-state index contributed by atoms with van der Waals surface area (Å²) in [6.07, 6.45) is 1.42. The monoisotopic (exact) mass is 458 g/mol. The van der Waals surface area contributed by atoms with Crippen LogP contribution in [0.3, 0.4) is 0 Å². The van der Waals surface area contributed by atoms with Crippen LogP contribution in [-0.4, -0.2) is 30.7 Å². The fraction of sp³-hybridized carbons (Fsp3) is 0.190. The Kier molecular flexibility index (Phi) is 7.80. The number of amides is 1. The van der Waals surface area contributed by atoms with Gasteiger partial charge in [0.1, 0.15) is 11.6 Å². The number of nitrogens with zero attached hydrogens (tertiary/aromatic N) is 1. The van der Waals surface area contributed by atoms with Crippen LogP contribution in [0.4, 0.5) is 0 Å². The number of carbonyl (C=O) groups is 2. The summed E-state index contributed by atoms with van der Waals surface area (Å²) in [4.78, 5) is 23.2. The van der Waals surface area contributed by atoms with Crippen molar-refractivity contribution >= 4 is 33.9 Å². The standard InChI is InChI=1S/C21H19BrN2O5/c1-13(15-6-4-3-5-7-15)24-21(27)16(11-23)8-14-9-17(22)20(18(10-14)28-2)29-12-19(25)26/h3-10,13H,12H2,1-2H3,(H,24,27)(H,25,26)/b16-8+/t13-/m1/s1. The van der Waals surface area contributed by atoms with Gasteiger partial charge in [0.15, 0.2) is 18.1 Å².